The van der Waals surface area contributed by atoms with Gasteiger partial charge in [-0.1, -0.05) is 53.7 Å². The first-order chi connectivity index (χ1) is 29.1. The first-order valence-corrected chi connectivity index (χ1v) is 22.0. The average molecular weight is 836 g/mol. The van der Waals surface area contributed by atoms with Gasteiger partial charge in [-0.05, 0) is 109 Å². The molecule has 6 bridgehead atoms. The van der Waals surface area contributed by atoms with Crippen molar-refractivity contribution in [1.29, 1.82) is 0 Å². The molecule has 61 heavy (non-hydrogen) atoms. The summed E-state index contributed by atoms with van der Waals surface area (Å²) in [4.78, 5) is 69.1. The van der Waals surface area contributed by atoms with Gasteiger partial charge in [0.2, 0.25) is 16.7 Å². The second-order valence-electron chi connectivity index (χ2n) is 18.4. The minimum Gasteiger partial charge on any atom is -0.508 e. The summed E-state index contributed by atoms with van der Waals surface area (Å²) in [5.74, 6) is -1.19. The maximum Gasteiger partial charge on any atom is 0.326 e. The number of hydrogen-bond acceptors (Lipinski definition) is 9. The van der Waals surface area contributed by atoms with E-state index in [9.17, 15) is 24.4 Å². The van der Waals surface area contributed by atoms with Crippen molar-refractivity contribution < 1.29 is 29.3 Å². The standard InChI is InChI=1S/C47H62N8O6/c1-9-31-16-17-48-26-37(31)43-36-25-47(6,7)27-61-55(60)40-12-11-19-54(51-40)45(58)38(50-44(57)42(28(3)4)52(8)46(59)41-29(5)15-18-49-41)22-30-20-33(23-34(56)21-30)32-13-14-39(35(36)24-32)53(43)10-2/h13-14,16-17,20-21,23-24,26,28-29,38,40-42,49,51H,9-12,15,18-19,22,25,27H2,1-8H3,(H-,50,56,57)/p+1/t29-,38-,40+,41+,42-/m0/s1. The number of carbonyl (C=O) groups is 3. The summed E-state index contributed by atoms with van der Waals surface area (Å²) in [7, 11) is 1.65. The third-order valence-corrected chi connectivity index (χ3v) is 12.8. The van der Waals surface area contributed by atoms with Crippen molar-refractivity contribution in [2.75, 3.05) is 26.7 Å². The maximum absolute atomic E-state index is 14.6. The number of nitrogens with zero attached hydrogens (tertiary/aromatic N) is 5. The highest BCUT2D eigenvalue weighted by Gasteiger charge is 2.42. The number of nitrogens with one attached hydrogen (secondary N) is 3. The lowest BCUT2D eigenvalue weighted by Gasteiger charge is -2.35. The smallest absolute Gasteiger partial charge is 0.326 e. The number of carbonyl (C=O) groups excluding carboxylic acids is 3. The lowest BCUT2D eigenvalue weighted by Crippen LogP contribution is -2.62. The number of benzene rings is 2. The van der Waals surface area contributed by atoms with Gasteiger partial charge in [0.15, 0.2) is 6.61 Å². The number of hydrogen-bond donors (Lipinski definition) is 4. The van der Waals surface area contributed by atoms with Gasteiger partial charge in [0, 0.05) is 67.3 Å². The molecule has 7 rings (SSSR count). The Hall–Kier alpha value is -5.34. The molecule has 4 aromatic rings. The molecule has 2 fully saturated rings. The number of phenolic OH excluding ortho intramolecular Hbond substituents is 1. The van der Waals surface area contributed by atoms with Gasteiger partial charge in [-0.2, -0.15) is 5.43 Å². The molecule has 0 aliphatic carbocycles. The SMILES string of the molecule is CCc1ccncc1-c1c2c3cc(ccc3n1CC)-c1cc(O)cc(c1)C[C@H](NC(=O)[C@H](C(C)C)N(C)C(=O)[C@@H]1NCC[C@@H]1C)C(=O)N1CCC[C@H](N1)[N+](=O)OCC(C)(C)C2. The van der Waals surface area contributed by atoms with Gasteiger partial charge in [0.05, 0.1) is 16.6 Å². The predicted molar refractivity (Wildman–Crippen MR) is 235 cm³/mol. The molecular formula is C47H63N8O6+. The van der Waals surface area contributed by atoms with Crippen LogP contribution in [0.25, 0.3) is 33.3 Å². The molecule has 14 nitrogen and oxygen atoms in total. The van der Waals surface area contributed by atoms with Crippen molar-refractivity contribution in [1.82, 2.24) is 35.5 Å². The summed E-state index contributed by atoms with van der Waals surface area (Å²) < 4.78 is 2.33. The molecule has 3 amide bonds. The van der Waals surface area contributed by atoms with E-state index in [0.29, 0.717) is 42.8 Å². The summed E-state index contributed by atoms with van der Waals surface area (Å²) in [6.07, 6.45) is 6.20. The molecule has 0 spiro atoms. The molecule has 0 saturated carbocycles. The van der Waals surface area contributed by atoms with Gasteiger partial charge in [0.25, 0.3) is 5.91 Å². The number of fused-ring (bicyclic) bond motifs is 6. The Balaban J connectivity index is 1.33. The minimum atomic E-state index is -1.11. The van der Waals surface area contributed by atoms with Crippen LogP contribution in [0.3, 0.4) is 0 Å². The van der Waals surface area contributed by atoms with E-state index in [2.05, 4.69) is 77.6 Å². The number of phenols is 1. The summed E-state index contributed by atoms with van der Waals surface area (Å²) >= 11 is 0. The number of amides is 3. The number of pyridine rings is 1. The molecule has 3 aliphatic heterocycles. The van der Waals surface area contributed by atoms with Gasteiger partial charge in [-0.3, -0.25) is 24.4 Å². The molecule has 2 aromatic carbocycles. The molecule has 0 radical (unpaired) electrons. The second-order valence-corrected chi connectivity index (χ2v) is 18.4. The quantitative estimate of drug-likeness (QED) is 0.169. The Labute approximate surface area is 358 Å². The van der Waals surface area contributed by atoms with E-state index in [1.165, 1.54) is 15.5 Å². The predicted octanol–water partition coefficient (Wildman–Crippen LogP) is 5.91. The topological polar surface area (TPSA) is 161 Å². The van der Waals surface area contributed by atoms with Crippen LogP contribution in [0.15, 0.2) is 54.9 Å². The fourth-order valence-corrected chi connectivity index (χ4v) is 9.59. The first-order valence-electron chi connectivity index (χ1n) is 22.0. The van der Waals surface area contributed by atoms with E-state index >= 15 is 0 Å². The van der Waals surface area contributed by atoms with E-state index < -0.39 is 41.5 Å². The molecule has 4 N–H and O–H groups in total. The lowest BCUT2D eigenvalue weighted by molar-refractivity contribution is -0.835. The highest BCUT2D eigenvalue weighted by molar-refractivity contribution is 5.96. The lowest BCUT2D eigenvalue weighted by atomic mass is 9.84. The molecular weight excluding hydrogens is 773 g/mol. The molecule has 2 aromatic heterocycles. The van der Waals surface area contributed by atoms with Crippen LogP contribution in [0.5, 0.6) is 5.75 Å². The van der Waals surface area contributed by atoms with E-state index in [0.717, 1.165) is 58.2 Å². The van der Waals surface area contributed by atoms with Gasteiger partial charge in [-0.15, -0.1) is 0 Å². The number of aryl methyl sites for hydroxylation is 2. The number of rotatable bonds is 8. The Kier molecular flexibility index (Phi) is 12.9. The molecule has 326 valence electrons. The van der Waals surface area contributed by atoms with Crippen LogP contribution < -0.4 is 16.1 Å². The summed E-state index contributed by atoms with van der Waals surface area (Å²) in [6, 6.07) is 11.3. The van der Waals surface area contributed by atoms with Crippen LogP contribution >= 0.6 is 0 Å². The maximum atomic E-state index is 14.6. The van der Waals surface area contributed by atoms with Crippen molar-refractivity contribution in [3.8, 4) is 28.1 Å². The van der Waals surface area contributed by atoms with E-state index in [1.54, 1.807) is 19.2 Å². The molecule has 5 atom stereocenters. The fourth-order valence-electron chi connectivity index (χ4n) is 9.59. The monoisotopic (exact) mass is 835 g/mol. The first kappa shape index (κ1) is 43.7. The highest BCUT2D eigenvalue weighted by Crippen LogP contribution is 2.41. The summed E-state index contributed by atoms with van der Waals surface area (Å²) in [6.45, 7) is 16.1. The number of likely N-dealkylation sites (N-methyl/N-ethyl adjacent to an activating group) is 1. The molecule has 3 aliphatic rings. The molecule has 14 heteroatoms. The van der Waals surface area contributed by atoms with Crippen molar-refractivity contribution in [3.63, 3.8) is 0 Å². The Bertz CT molecular complexity index is 2300. The zero-order chi connectivity index (χ0) is 43.7. The van der Waals surface area contributed by atoms with E-state index in [1.807, 2.05) is 39.2 Å². The van der Waals surface area contributed by atoms with E-state index in [-0.39, 0.29) is 36.5 Å². The van der Waals surface area contributed by atoms with Gasteiger partial charge in [0.1, 0.15) is 17.8 Å². The highest BCUT2D eigenvalue weighted by atomic mass is 16.8. The van der Waals surface area contributed by atoms with Crippen molar-refractivity contribution in [3.05, 3.63) is 76.5 Å². The minimum absolute atomic E-state index is 0.0227. The van der Waals surface area contributed by atoms with Crippen LogP contribution in [0, 0.1) is 22.2 Å². The van der Waals surface area contributed by atoms with Crippen LogP contribution in [0.1, 0.15) is 84.4 Å². The third-order valence-electron chi connectivity index (χ3n) is 12.8. The Morgan fingerprint density at radius 3 is 2.61 bits per heavy atom. The van der Waals surface area contributed by atoms with Crippen molar-refractivity contribution >= 4 is 28.6 Å². The van der Waals surface area contributed by atoms with Gasteiger partial charge in [-0.25, -0.2) is 4.84 Å². The third kappa shape index (κ3) is 9.02. The zero-order valence-electron chi connectivity index (χ0n) is 37.0. The number of aromatic hydroxyl groups is 1. The van der Waals surface area contributed by atoms with E-state index in [4.69, 9.17) is 4.84 Å². The van der Waals surface area contributed by atoms with Crippen molar-refractivity contribution in [2.24, 2.45) is 17.3 Å². The molecule has 5 heterocycles. The molecule has 0 unspecified atom stereocenters. The largest absolute Gasteiger partial charge is 0.508 e. The van der Waals surface area contributed by atoms with Crippen LogP contribution in [-0.4, -0.2) is 98.2 Å². The van der Waals surface area contributed by atoms with Crippen LogP contribution in [0.2, 0.25) is 0 Å². The summed E-state index contributed by atoms with van der Waals surface area (Å²) in [5.41, 5.74) is 10.4. The van der Waals surface area contributed by atoms with Crippen LogP contribution in [0.4, 0.5) is 0 Å². The fraction of sp³-hybridized carbons (Fsp3) is 0.532. The Morgan fingerprint density at radius 2 is 1.90 bits per heavy atom. The number of hydrazine groups is 1. The van der Waals surface area contributed by atoms with Crippen molar-refractivity contribution in [2.45, 2.75) is 118 Å². The molecule has 2 saturated heterocycles. The normalized spacial score (nSPS) is 22.5. The number of aromatic nitrogens is 2. The van der Waals surface area contributed by atoms with Crippen LogP contribution in [-0.2, 0) is 45.0 Å². The Morgan fingerprint density at radius 1 is 1.11 bits per heavy atom. The van der Waals surface area contributed by atoms with Gasteiger partial charge >= 0.3 is 6.17 Å². The van der Waals surface area contributed by atoms with Gasteiger partial charge < -0.3 is 25.2 Å². The average Bonchev–Trinajstić information content (AvgIpc) is 3.80. The second kappa shape index (κ2) is 17.9. The zero-order valence-corrected chi connectivity index (χ0v) is 37.0. The summed E-state index contributed by atoms with van der Waals surface area (Å²) in [5, 5.41) is 20.0.